The van der Waals surface area contributed by atoms with E-state index in [1.807, 2.05) is 0 Å². The Balaban J connectivity index is 1.62. The smallest absolute Gasteiger partial charge is 0.0883 e. The molecule has 2 nitrogen and oxygen atoms in total. The number of benzene rings is 2. The molecule has 2 heteroatoms. The fourth-order valence-corrected chi connectivity index (χ4v) is 4.15. The Morgan fingerprint density at radius 1 is 0.909 bits per heavy atom. The largest absolute Gasteiger partial charge is 0.372 e. The molecule has 0 radical (unpaired) electrons. The molecule has 3 atom stereocenters. The predicted octanol–water partition coefficient (Wildman–Crippen LogP) is 4.05. The van der Waals surface area contributed by atoms with E-state index in [0.717, 1.165) is 26.0 Å². The Hall–Kier alpha value is -1.64. The summed E-state index contributed by atoms with van der Waals surface area (Å²) in [4.78, 5) is 0. The van der Waals surface area contributed by atoms with Gasteiger partial charge in [-0.2, -0.15) is 0 Å². The van der Waals surface area contributed by atoms with Crippen molar-refractivity contribution < 1.29 is 4.74 Å². The summed E-state index contributed by atoms with van der Waals surface area (Å²) in [6.45, 7) is 1.93. The van der Waals surface area contributed by atoms with Gasteiger partial charge in [0.15, 0.2) is 0 Å². The fourth-order valence-electron chi connectivity index (χ4n) is 4.15. The van der Waals surface area contributed by atoms with Crippen molar-refractivity contribution in [1.29, 1.82) is 0 Å². The van der Waals surface area contributed by atoms with E-state index >= 15 is 0 Å². The molecule has 114 valence electrons. The summed E-state index contributed by atoms with van der Waals surface area (Å²) < 4.78 is 6.45. The van der Waals surface area contributed by atoms with Crippen molar-refractivity contribution in [3.63, 3.8) is 0 Å². The lowest BCUT2D eigenvalue weighted by molar-refractivity contribution is -0.0484. The van der Waals surface area contributed by atoms with Crippen molar-refractivity contribution >= 4 is 0 Å². The van der Waals surface area contributed by atoms with Gasteiger partial charge in [-0.1, -0.05) is 60.7 Å². The van der Waals surface area contributed by atoms with Crippen molar-refractivity contribution in [1.82, 2.24) is 5.32 Å². The lowest BCUT2D eigenvalue weighted by atomic mass is 9.77. The first kappa shape index (κ1) is 14.0. The minimum atomic E-state index is -0.0416. The highest BCUT2D eigenvalue weighted by Gasteiger charge is 2.48. The van der Waals surface area contributed by atoms with E-state index in [1.165, 1.54) is 17.5 Å². The van der Waals surface area contributed by atoms with Crippen LogP contribution in [0.4, 0.5) is 0 Å². The number of ether oxygens (including phenoxy) is 1. The molecule has 2 saturated heterocycles. The van der Waals surface area contributed by atoms with E-state index in [9.17, 15) is 0 Å². The van der Waals surface area contributed by atoms with E-state index in [4.69, 9.17) is 4.74 Å². The molecular formula is C20H23NO. The number of hydrogen-bond acceptors (Lipinski definition) is 2. The van der Waals surface area contributed by atoms with Crippen LogP contribution in [0.5, 0.6) is 0 Å². The average Bonchev–Trinajstić information content (AvgIpc) is 3.01. The molecule has 22 heavy (non-hydrogen) atoms. The maximum atomic E-state index is 6.45. The predicted molar refractivity (Wildman–Crippen MR) is 88.9 cm³/mol. The number of hydrogen-bond donors (Lipinski definition) is 1. The molecule has 2 aromatic carbocycles. The summed E-state index contributed by atoms with van der Waals surface area (Å²) in [5.74, 6) is 0.521. The third kappa shape index (κ3) is 2.47. The molecule has 0 aromatic heterocycles. The Labute approximate surface area is 132 Å². The van der Waals surface area contributed by atoms with Gasteiger partial charge in [0, 0.05) is 5.92 Å². The van der Waals surface area contributed by atoms with E-state index in [-0.39, 0.29) is 5.60 Å². The third-order valence-corrected chi connectivity index (χ3v) is 5.22. The highest BCUT2D eigenvalue weighted by Crippen LogP contribution is 2.48. The number of rotatable bonds is 2. The van der Waals surface area contributed by atoms with Crippen LogP contribution in [0.1, 0.15) is 42.3 Å². The quantitative estimate of drug-likeness (QED) is 0.902. The lowest BCUT2D eigenvalue weighted by Crippen LogP contribution is -2.48. The molecule has 2 aliphatic rings. The molecule has 2 unspecified atom stereocenters. The first-order valence-electron chi connectivity index (χ1n) is 8.35. The second kappa shape index (κ2) is 5.86. The molecule has 2 fully saturated rings. The topological polar surface area (TPSA) is 21.3 Å². The van der Waals surface area contributed by atoms with Gasteiger partial charge in [0.1, 0.15) is 0 Å². The molecule has 1 spiro atoms. The van der Waals surface area contributed by atoms with Crippen LogP contribution in [0.25, 0.3) is 0 Å². The highest BCUT2D eigenvalue weighted by atomic mass is 16.5. The van der Waals surface area contributed by atoms with Gasteiger partial charge < -0.3 is 10.1 Å². The van der Waals surface area contributed by atoms with E-state index in [1.54, 1.807) is 0 Å². The number of piperidine rings is 1. The van der Waals surface area contributed by atoms with Crippen LogP contribution in [0.3, 0.4) is 0 Å². The second-order valence-electron chi connectivity index (χ2n) is 6.59. The summed E-state index contributed by atoms with van der Waals surface area (Å²) >= 11 is 0. The van der Waals surface area contributed by atoms with E-state index in [0.29, 0.717) is 12.0 Å². The zero-order valence-corrected chi connectivity index (χ0v) is 12.9. The Bertz CT molecular complexity index is 612. The lowest BCUT2D eigenvalue weighted by Gasteiger charge is -2.41. The van der Waals surface area contributed by atoms with Crippen molar-refractivity contribution in [2.24, 2.45) is 0 Å². The first-order chi connectivity index (χ1) is 10.9. The summed E-state index contributed by atoms with van der Waals surface area (Å²) in [5.41, 5.74) is 2.73. The van der Waals surface area contributed by atoms with Crippen LogP contribution in [0.15, 0.2) is 60.7 Å². The highest BCUT2D eigenvalue weighted by molar-refractivity contribution is 5.27. The molecule has 0 bridgehead atoms. The molecule has 2 heterocycles. The number of nitrogens with one attached hydrogen (secondary N) is 1. The summed E-state index contributed by atoms with van der Waals surface area (Å²) in [7, 11) is 0. The maximum absolute atomic E-state index is 6.45. The van der Waals surface area contributed by atoms with Gasteiger partial charge >= 0.3 is 0 Å². The summed E-state index contributed by atoms with van der Waals surface area (Å²) in [6.07, 6.45) is 3.47. The second-order valence-corrected chi connectivity index (χ2v) is 6.59. The van der Waals surface area contributed by atoms with Crippen LogP contribution in [0.2, 0.25) is 0 Å². The van der Waals surface area contributed by atoms with E-state index < -0.39 is 0 Å². The fraction of sp³-hybridized carbons (Fsp3) is 0.400. The molecule has 0 aliphatic carbocycles. The van der Waals surface area contributed by atoms with Gasteiger partial charge in [-0.3, -0.25) is 0 Å². The van der Waals surface area contributed by atoms with Crippen LogP contribution in [-0.4, -0.2) is 18.8 Å². The van der Waals surface area contributed by atoms with Crippen LogP contribution < -0.4 is 5.32 Å². The SMILES string of the molecule is c1ccc(C2NCCCC23C[C@@H](c2ccccc2)CO3)cc1. The minimum absolute atomic E-state index is 0.0416. The van der Waals surface area contributed by atoms with Gasteiger partial charge in [-0.15, -0.1) is 0 Å². The molecule has 2 aromatic rings. The zero-order chi connectivity index (χ0) is 14.8. The van der Waals surface area contributed by atoms with Crippen LogP contribution in [-0.2, 0) is 4.74 Å². The average molecular weight is 293 g/mol. The van der Waals surface area contributed by atoms with Gasteiger partial charge in [-0.05, 0) is 36.9 Å². The summed E-state index contributed by atoms with van der Waals surface area (Å²) in [6, 6.07) is 21.9. The van der Waals surface area contributed by atoms with Crippen LogP contribution >= 0.6 is 0 Å². The van der Waals surface area contributed by atoms with Gasteiger partial charge in [-0.25, -0.2) is 0 Å². The minimum Gasteiger partial charge on any atom is -0.372 e. The Kier molecular flexibility index (Phi) is 3.73. The molecule has 0 saturated carbocycles. The van der Waals surface area contributed by atoms with E-state index in [2.05, 4.69) is 66.0 Å². The van der Waals surface area contributed by atoms with Gasteiger partial charge in [0.25, 0.3) is 0 Å². The molecular weight excluding hydrogens is 270 g/mol. The van der Waals surface area contributed by atoms with Crippen molar-refractivity contribution in [3.05, 3.63) is 71.8 Å². The van der Waals surface area contributed by atoms with Gasteiger partial charge in [0.05, 0.1) is 18.2 Å². The molecule has 2 aliphatic heterocycles. The standard InChI is InChI=1S/C20H23NO/c1-3-8-16(9-4-1)18-14-20(22-15-18)12-7-13-21-19(20)17-10-5-2-6-11-17/h1-6,8-11,18-19,21H,7,12-15H2/t18-,19?,20?/m1/s1. The third-order valence-electron chi connectivity index (χ3n) is 5.22. The molecule has 0 amide bonds. The summed E-state index contributed by atoms with van der Waals surface area (Å²) in [5, 5.41) is 3.72. The van der Waals surface area contributed by atoms with Gasteiger partial charge in [0.2, 0.25) is 0 Å². The first-order valence-corrected chi connectivity index (χ1v) is 8.35. The monoisotopic (exact) mass is 293 g/mol. The Morgan fingerprint density at radius 3 is 2.32 bits per heavy atom. The normalized spacial score (nSPS) is 31.5. The van der Waals surface area contributed by atoms with Crippen LogP contribution in [0, 0.1) is 0 Å². The molecule has 4 rings (SSSR count). The molecule has 1 N–H and O–H groups in total. The van der Waals surface area contributed by atoms with Crippen molar-refractivity contribution in [3.8, 4) is 0 Å². The Morgan fingerprint density at radius 2 is 1.59 bits per heavy atom. The zero-order valence-electron chi connectivity index (χ0n) is 12.9. The maximum Gasteiger partial charge on any atom is 0.0883 e. The van der Waals surface area contributed by atoms with Crippen molar-refractivity contribution in [2.75, 3.05) is 13.2 Å². The van der Waals surface area contributed by atoms with Crippen molar-refractivity contribution in [2.45, 2.75) is 36.8 Å².